The van der Waals surface area contributed by atoms with Crippen molar-refractivity contribution in [2.45, 2.75) is 39.0 Å². The van der Waals surface area contributed by atoms with Crippen molar-refractivity contribution in [2.75, 3.05) is 19.7 Å². The minimum atomic E-state index is -0.149. The van der Waals surface area contributed by atoms with Crippen molar-refractivity contribution < 1.29 is 9.90 Å². The van der Waals surface area contributed by atoms with E-state index in [0.29, 0.717) is 18.9 Å². The zero-order valence-electron chi connectivity index (χ0n) is 12.9. The van der Waals surface area contributed by atoms with Crippen molar-refractivity contribution in [2.24, 2.45) is 11.3 Å². The van der Waals surface area contributed by atoms with Crippen molar-refractivity contribution in [3.8, 4) is 0 Å². The van der Waals surface area contributed by atoms with Crippen LogP contribution in [0.3, 0.4) is 0 Å². The average Bonchev–Trinajstić information content (AvgIpc) is 3.33. The van der Waals surface area contributed by atoms with Gasteiger partial charge in [0, 0.05) is 18.5 Å². The molecule has 0 bridgehead atoms. The van der Waals surface area contributed by atoms with Gasteiger partial charge in [0.1, 0.15) is 5.82 Å². The third-order valence-corrected chi connectivity index (χ3v) is 5.05. The Morgan fingerprint density at radius 3 is 3.00 bits per heavy atom. The number of piperidine rings is 1. The molecule has 5 nitrogen and oxygen atoms in total. The summed E-state index contributed by atoms with van der Waals surface area (Å²) in [5, 5.41) is 10.2. The predicted molar refractivity (Wildman–Crippen MR) is 83.8 cm³/mol. The number of aromatic nitrogens is 2. The van der Waals surface area contributed by atoms with Gasteiger partial charge >= 0.3 is 0 Å². The highest BCUT2D eigenvalue weighted by atomic mass is 35.5. The number of aliphatic hydroxyl groups excluding tert-OH is 1. The summed E-state index contributed by atoms with van der Waals surface area (Å²) in [7, 11) is 0. The monoisotopic (exact) mass is 323 g/mol. The fourth-order valence-electron chi connectivity index (χ4n) is 3.43. The molecule has 1 amide bonds. The first-order valence-corrected chi connectivity index (χ1v) is 8.30. The molecule has 6 heteroatoms. The van der Waals surface area contributed by atoms with Gasteiger partial charge in [0.05, 0.1) is 17.8 Å². The maximum absolute atomic E-state index is 12.7. The first kappa shape index (κ1) is 15.7. The largest absolute Gasteiger partial charge is 0.396 e. The van der Waals surface area contributed by atoms with Crippen molar-refractivity contribution in [1.29, 1.82) is 0 Å². The molecule has 0 aromatic carbocycles. The summed E-state index contributed by atoms with van der Waals surface area (Å²) in [4.78, 5) is 22.8. The third-order valence-electron chi connectivity index (χ3n) is 4.77. The summed E-state index contributed by atoms with van der Waals surface area (Å²) in [5.41, 5.74) is 0.123. The molecule has 0 unspecified atom stereocenters. The van der Waals surface area contributed by atoms with Gasteiger partial charge in [-0.2, -0.15) is 0 Å². The quantitative estimate of drug-likeness (QED) is 0.924. The number of likely N-dealkylation sites (tertiary alicyclic amines) is 1. The highest BCUT2D eigenvalue weighted by molar-refractivity contribution is 6.33. The lowest BCUT2D eigenvalue weighted by atomic mass is 9.76. The number of carbonyl (C=O) groups is 1. The second-order valence-electron chi connectivity index (χ2n) is 6.75. The summed E-state index contributed by atoms with van der Waals surface area (Å²) in [6, 6.07) is 0. The van der Waals surface area contributed by atoms with E-state index in [1.807, 2.05) is 0 Å². The number of carbonyl (C=O) groups excluding carboxylic acids is 1. The van der Waals surface area contributed by atoms with E-state index in [2.05, 4.69) is 9.97 Å². The summed E-state index contributed by atoms with van der Waals surface area (Å²) in [6.45, 7) is 3.18. The molecule has 1 aromatic heterocycles. The number of aliphatic hydroxyl groups is 1. The highest BCUT2D eigenvalue weighted by Gasteiger charge is 2.41. The molecule has 0 spiro atoms. The zero-order chi connectivity index (χ0) is 15.7. The molecule has 2 aliphatic rings. The second-order valence-corrected chi connectivity index (χ2v) is 7.16. The molecule has 2 heterocycles. The Bertz CT molecular complexity index is 577. The number of hydrogen-bond donors (Lipinski definition) is 1. The normalized spacial score (nSPS) is 25.3. The standard InChI is InChI=1S/C16H22ClN3O2/c1-11-18-8-13(17)14(19-11)15(22)20-6-2-5-16(9-20,10-21)7-12-3-4-12/h8,12,21H,2-7,9-10H2,1H3/t16-/m0/s1. The van der Waals surface area contributed by atoms with Crippen LogP contribution in [-0.4, -0.2) is 45.6 Å². The number of halogens is 1. The smallest absolute Gasteiger partial charge is 0.274 e. The number of aryl methyl sites for hydroxylation is 1. The molecular formula is C16H22ClN3O2. The molecular weight excluding hydrogens is 302 g/mol. The van der Waals surface area contributed by atoms with E-state index in [4.69, 9.17) is 11.6 Å². The Morgan fingerprint density at radius 2 is 2.32 bits per heavy atom. The van der Waals surface area contributed by atoms with Crippen molar-refractivity contribution in [1.82, 2.24) is 14.9 Å². The number of rotatable bonds is 4. The molecule has 1 saturated carbocycles. The second kappa shape index (κ2) is 6.13. The van der Waals surface area contributed by atoms with E-state index >= 15 is 0 Å². The molecule has 3 rings (SSSR count). The lowest BCUT2D eigenvalue weighted by Gasteiger charge is -2.42. The maximum Gasteiger partial charge on any atom is 0.274 e. The van der Waals surface area contributed by atoms with E-state index in [1.165, 1.54) is 19.0 Å². The molecule has 0 radical (unpaired) electrons. The SMILES string of the molecule is Cc1ncc(Cl)c(C(=O)N2CCC[C@](CO)(CC3CC3)C2)n1. The van der Waals surface area contributed by atoms with E-state index in [0.717, 1.165) is 25.2 Å². The first-order chi connectivity index (χ1) is 10.5. The predicted octanol–water partition coefficient (Wildman–Crippen LogP) is 2.45. The molecule has 1 saturated heterocycles. The van der Waals surface area contributed by atoms with Crippen LogP contribution in [0.15, 0.2) is 6.20 Å². The van der Waals surface area contributed by atoms with Crippen LogP contribution in [0.1, 0.15) is 48.4 Å². The summed E-state index contributed by atoms with van der Waals surface area (Å²) >= 11 is 6.09. The highest BCUT2D eigenvalue weighted by Crippen LogP contribution is 2.44. The van der Waals surface area contributed by atoms with Gasteiger partial charge in [-0.25, -0.2) is 9.97 Å². The van der Waals surface area contributed by atoms with Gasteiger partial charge in [-0.1, -0.05) is 24.4 Å². The number of amides is 1. The molecule has 120 valence electrons. The molecule has 1 aliphatic heterocycles. The Hall–Kier alpha value is -1.20. The van der Waals surface area contributed by atoms with E-state index in [1.54, 1.807) is 11.8 Å². The van der Waals surface area contributed by atoms with E-state index in [-0.39, 0.29) is 28.6 Å². The summed E-state index contributed by atoms with van der Waals surface area (Å²) in [6.07, 6.45) is 6.91. The van der Waals surface area contributed by atoms with Gasteiger partial charge in [-0.05, 0) is 32.1 Å². The first-order valence-electron chi connectivity index (χ1n) is 7.92. The fourth-order valence-corrected chi connectivity index (χ4v) is 3.60. The van der Waals surface area contributed by atoms with E-state index in [9.17, 15) is 9.90 Å². The lowest BCUT2D eigenvalue weighted by Crippen LogP contribution is -2.48. The van der Waals surface area contributed by atoms with Crippen LogP contribution in [0.4, 0.5) is 0 Å². The minimum absolute atomic E-state index is 0.143. The topological polar surface area (TPSA) is 66.3 Å². The molecule has 1 atom stereocenters. The summed E-state index contributed by atoms with van der Waals surface area (Å²) in [5.74, 6) is 1.12. The third kappa shape index (κ3) is 3.25. The van der Waals surface area contributed by atoms with Crippen LogP contribution in [0.25, 0.3) is 0 Å². The zero-order valence-corrected chi connectivity index (χ0v) is 13.6. The molecule has 1 N–H and O–H groups in total. The van der Waals surface area contributed by atoms with Gasteiger partial charge in [0.25, 0.3) is 5.91 Å². The summed E-state index contributed by atoms with van der Waals surface area (Å²) < 4.78 is 0. The Morgan fingerprint density at radius 1 is 1.55 bits per heavy atom. The van der Waals surface area contributed by atoms with E-state index < -0.39 is 0 Å². The molecule has 2 fully saturated rings. The van der Waals surface area contributed by atoms with Crippen LogP contribution in [0.2, 0.25) is 5.02 Å². The van der Waals surface area contributed by atoms with Gasteiger partial charge < -0.3 is 10.0 Å². The Labute approximate surface area is 135 Å². The van der Waals surface area contributed by atoms with Crippen LogP contribution in [0, 0.1) is 18.3 Å². The van der Waals surface area contributed by atoms with Crippen LogP contribution in [-0.2, 0) is 0 Å². The van der Waals surface area contributed by atoms with Crippen molar-refractivity contribution >= 4 is 17.5 Å². The van der Waals surface area contributed by atoms with Crippen LogP contribution in [0.5, 0.6) is 0 Å². The molecule has 1 aliphatic carbocycles. The lowest BCUT2D eigenvalue weighted by molar-refractivity contribution is 0.0193. The van der Waals surface area contributed by atoms with Crippen LogP contribution >= 0.6 is 11.6 Å². The minimum Gasteiger partial charge on any atom is -0.396 e. The number of hydrogen-bond acceptors (Lipinski definition) is 4. The number of nitrogens with zero attached hydrogens (tertiary/aromatic N) is 3. The van der Waals surface area contributed by atoms with Gasteiger partial charge in [-0.15, -0.1) is 0 Å². The fraction of sp³-hybridized carbons (Fsp3) is 0.688. The Kier molecular flexibility index (Phi) is 4.37. The van der Waals surface area contributed by atoms with Crippen molar-refractivity contribution in [3.05, 3.63) is 22.7 Å². The van der Waals surface area contributed by atoms with Gasteiger partial charge in [0.2, 0.25) is 0 Å². The average molecular weight is 324 g/mol. The van der Waals surface area contributed by atoms with Gasteiger partial charge in [0.15, 0.2) is 5.69 Å². The molecule has 1 aromatic rings. The maximum atomic E-state index is 12.7. The van der Waals surface area contributed by atoms with Crippen LogP contribution < -0.4 is 0 Å². The van der Waals surface area contributed by atoms with Gasteiger partial charge in [-0.3, -0.25) is 4.79 Å². The Balaban J connectivity index is 1.78. The van der Waals surface area contributed by atoms with Crippen molar-refractivity contribution in [3.63, 3.8) is 0 Å². The molecule has 22 heavy (non-hydrogen) atoms.